The molecule has 0 bridgehead atoms. The van der Waals surface area contributed by atoms with E-state index in [2.05, 4.69) is 15.1 Å². The van der Waals surface area contributed by atoms with E-state index in [-0.39, 0.29) is 18.9 Å². The van der Waals surface area contributed by atoms with E-state index in [9.17, 15) is 9.59 Å². The highest BCUT2D eigenvalue weighted by Gasteiger charge is 2.34. The lowest BCUT2D eigenvalue weighted by molar-refractivity contribution is -0.141. The van der Waals surface area contributed by atoms with Gasteiger partial charge in [-0.25, -0.2) is 0 Å². The molecule has 8 heteroatoms. The third-order valence-corrected chi connectivity index (χ3v) is 3.55. The van der Waals surface area contributed by atoms with Crippen LogP contribution in [0.4, 0.5) is 0 Å². The summed E-state index contributed by atoms with van der Waals surface area (Å²) < 4.78 is 5.15. The number of nitrogens with zero attached hydrogens (tertiary/aromatic N) is 4. The Morgan fingerprint density at radius 1 is 1.50 bits per heavy atom. The number of amides is 1. The number of aromatic nitrogens is 3. The molecule has 3 heterocycles. The molecule has 8 nitrogen and oxygen atoms in total. The minimum atomic E-state index is -0.937. The molecule has 1 amide bonds. The number of likely N-dealkylation sites (tertiary alicyclic amines) is 1. The number of carboxylic acid groups (broad SMARTS) is 1. The van der Waals surface area contributed by atoms with Crippen LogP contribution in [0.25, 0.3) is 11.4 Å². The molecule has 0 aromatic carbocycles. The summed E-state index contributed by atoms with van der Waals surface area (Å²) in [5.74, 6) is -0.863. The fraction of sp³-hybridized carbons (Fsp3) is 0.357. The average Bonchev–Trinajstić information content (AvgIpc) is 3.13. The molecule has 0 unspecified atom stereocenters. The van der Waals surface area contributed by atoms with Crippen LogP contribution in [0.1, 0.15) is 12.3 Å². The van der Waals surface area contributed by atoms with Gasteiger partial charge < -0.3 is 14.5 Å². The van der Waals surface area contributed by atoms with Crippen molar-refractivity contribution < 1.29 is 19.2 Å². The second kappa shape index (κ2) is 5.92. The van der Waals surface area contributed by atoms with Gasteiger partial charge in [0, 0.05) is 43.9 Å². The van der Waals surface area contributed by atoms with E-state index < -0.39 is 11.9 Å². The first kappa shape index (κ1) is 14.2. The molecule has 0 saturated carbocycles. The van der Waals surface area contributed by atoms with Gasteiger partial charge in [0.1, 0.15) is 0 Å². The standard InChI is InChI=1S/C14H14N4O4/c19-12-6-10(14(20)21)8-18(12)5-3-11-16-13(17-22-11)9-2-1-4-15-7-9/h1-2,4,7,10H,3,5-6,8H2,(H,20,21)/t10-/m0/s1. The Balaban J connectivity index is 1.60. The highest BCUT2D eigenvalue weighted by Crippen LogP contribution is 2.19. The van der Waals surface area contributed by atoms with Crippen LogP contribution in [0.3, 0.4) is 0 Å². The predicted molar refractivity (Wildman–Crippen MR) is 73.6 cm³/mol. The number of pyridine rings is 1. The predicted octanol–water partition coefficient (Wildman–Crippen LogP) is 0.607. The molecule has 3 rings (SSSR count). The van der Waals surface area contributed by atoms with Crippen LogP contribution in [0, 0.1) is 5.92 Å². The Hall–Kier alpha value is -2.77. The second-order valence-corrected chi connectivity index (χ2v) is 5.08. The van der Waals surface area contributed by atoms with Crippen molar-refractivity contribution in [3.63, 3.8) is 0 Å². The van der Waals surface area contributed by atoms with Crippen LogP contribution in [0.5, 0.6) is 0 Å². The van der Waals surface area contributed by atoms with Crippen molar-refractivity contribution in [3.05, 3.63) is 30.4 Å². The fourth-order valence-corrected chi connectivity index (χ4v) is 2.35. The third kappa shape index (κ3) is 2.95. The maximum Gasteiger partial charge on any atom is 0.308 e. The van der Waals surface area contributed by atoms with Gasteiger partial charge in [-0.1, -0.05) is 5.16 Å². The second-order valence-electron chi connectivity index (χ2n) is 5.08. The van der Waals surface area contributed by atoms with Gasteiger partial charge in [-0.3, -0.25) is 14.6 Å². The van der Waals surface area contributed by atoms with E-state index in [1.54, 1.807) is 18.5 Å². The Labute approximate surface area is 125 Å². The number of hydrogen-bond donors (Lipinski definition) is 1. The molecule has 0 spiro atoms. The van der Waals surface area contributed by atoms with Crippen molar-refractivity contribution in [2.45, 2.75) is 12.8 Å². The van der Waals surface area contributed by atoms with Crippen molar-refractivity contribution in [2.24, 2.45) is 5.92 Å². The number of hydrogen-bond acceptors (Lipinski definition) is 6. The molecule has 0 radical (unpaired) electrons. The lowest BCUT2D eigenvalue weighted by atomic mass is 10.1. The average molecular weight is 302 g/mol. The van der Waals surface area contributed by atoms with Crippen molar-refractivity contribution in [1.82, 2.24) is 20.0 Å². The molecule has 1 aliphatic rings. The molecule has 1 saturated heterocycles. The molecule has 1 N–H and O–H groups in total. The van der Waals surface area contributed by atoms with Crippen LogP contribution >= 0.6 is 0 Å². The van der Waals surface area contributed by atoms with Gasteiger partial charge >= 0.3 is 5.97 Å². The summed E-state index contributed by atoms with van der Waals surface area (Å²) in [5, 5.41) is 12.8. The van der Waals surface area contributed by atoms with Crippen molar-refractivity contribution in [3.8, 4) is 11.4 Å². The molecule has 2 aromatic rings. The number of carbonyl (C=O) groups is 2. The molecule has 1 fully saturated rings. The quantitative estimate of drug-likeness (QED) is 0.861. The zero-order chi connectivity index (χ0) is 15.5. The smallest absolute Gasteiger partial charge is 0.308 e. The minimum Gasteiger partial charge on any atom is -0.481 e. The zero-order valence-electron chi connectivity index (χ0n) is 11.7. The summed E-state index contributed by atoms with van der Waals surface area (Å²) in [6.45, 7) is 0.606. The summed E-state index contributed by atoms with van der Waals surface area (Å²) in [6.07, 6.45) is 3.74. The Kier molecular flexibility index (Phi) is 3.82. The molecule has 0 aliphatic carbocycles. The third-order valence-electron chi connectivity index (χ3n) is 3.55. The van der Waals surface area contributed by atoms with Gasteiger partial charge in [-0.2, -0.15) is 4.98 Å². The number of rotatable bonds is 5. The SMILES string of the molecule is O=C(O)[C@H]1CC(=O)N(CCc2nc(-c3cccnc3)no2)C1. The van der Waals surface area contributed by atoms with Crippen LogP contribution in [0.2, 0.25) is 0 Å². The lowest BCUT2D eigenvalue weighted by Gasteiger charge is -2.14. The maximum absolute atomic E-state index is 11.7. The van der Waals surface area contributed by atoms with E-state index in [4.69, 9.17) is 9.63 Å². The van der Waals surface area contributed by atoms with Gasteiger partial charge in [0.2, 0.25) is 17.6 Å². The van der Waals surface area contributed by atoms with Crippen LogP contribution in [0.15, 0.2) is 29.0 Å². The van der Waals surface area contributed by atoms with E-state index in [1.165, 1.54) is 4.90 Å². The van der Waals surface area contributed by atoms with Crippen LogP contribution < -0.4 is 0 Å². The number of aliphatic carboxylic acids is 1. The molecular weight excluding hydrogens is 288 g/mol. The highest BCUT2D eigenvalue weighted by atomic mass is 16.5. The monoisotopic (exact) mass is 302 g/mol. The van der Waals surface area contributed by atoms with Gasteiger partial charge in [-0.05, 0) is 12.1 Å². The molecule has 1 aliphatic heterocycles. The van der Waals surface area contributed by atoms with E-state index >= 15 is 0 Å². The van der Waals surface area contributed by atoms with E-state index in [0.717, 1.165) is 5.56 Å². The molecule has 114 valence electrons. The molecule has 2 aromatic heterocycles. The Bertz CT molecular complexity index is 685. The Morgan fingerprint density at radius 3 is 3.05 bits per heavy atom. The van der Waals surface area contributed by atoms with Gasteiger partial charge in [0.05, 0.1) is 5.92 Å². The highest BCUT2D eigenvalue weighted by molar-refractivity contribution is 5.86. The minimum absolute atomic E-state index is 0.0557. The van der Waals surface area contributed by atoms with E-state index in [0.29, 0.717) is 24.7 Å². The van der Waals surface area contributed by atoms with Gasteiger partial charge in [0.15, 0.2) is 0 Å². The van der Waals surface area contributed by atoms with Crippen molar-refractivity contribution in [1.29, 1.82) is 0 Å². The van der Waals surface area contributed by atoms with Gasteiger partial charge in [-0.15, -0.1) is 0 Å². The first-order chi connectivity index (χ1) is 10.6. The first-order valence-electron chi connectivity index (χ1n) is 6.87. The number of carboxylic acids is 1. The first-order valence-corrected chi connectivity index (χ1v) is 6.87. The van der Waals surface area contributed by atoms with Crippen molar-refractivity contribution >= 4 is 11.9 Å². The summed E-state index contributed by atoms with van der Waals surface area (Å²) in [7, 11) is 0. The summed E-state index contributed by atoms with van der Waals surface area (Å²) >= 11 is 0. The maximum atomic E-state index is 11.7. The van der Waals surface area contributed by atoms with Crippen LogP contribution in [-0.2, 0) is 16.0 Å². The normalized spacial score (nSPS) is 17.9. The molecule has 1 atom stereocenters. The number of carbonyl (C=O) groups excluding carboxylic acids is 1. The zero-order valence-corrected chi connectivity index (χ0v) is 11.7. The largest absolute Gasteiger partial charge is 0.481 e. The lowest BCUT2D eigenvalue weighted by Crippen LogP contribution is -2.28. The molecular formula is C14H14N4O4. The summed E-state index contributed by atoms with van der Waals surface area (Å²) in [6, 6.07) is 3.60. The topological polar surface area (TPSA) is 109 Å². The fourth-order valence-electron chi connectivity index (χ4n) is 2.35. The summed E-state index contributed by atoms with van der Waals surface area (Å²) in [5.41, 5.74) is 0.751. The van der Waals surface area contributed by atoms with E-state index in [1.807, 2.05) is 6.07 Å². The summed E-state index contributed by atoms with van der Waals surface area (Å²) in [4.78, 5) is 32.4. The van der Waals surface area contributed by atoms with Crippen molar-refractivity contribution in [2.75, 3.05) is 13.1 Å². The molecule has 22 heavy (non-hydrogen) atoms. The van der Waals surface area contributed by atoms with Gasteiger partial charge in [0.25, 0.3) is 0 Å². The van der Waals surface area contributed by atoms with Crippen LogP contribution in [-0.4, -0.2) is 50.1 Å². The Morgan fingerprint density at radius 2 is 2.36 bits per heavy atom.